The van der Waals surface area contributed by atoms with Crippen LogP contribution in [0.2, 0.25) is 0 Å². The smallest absolute Gasteiger partial charge is 0.237 e. The van der Waals surface area contributed by atoms with Crippen LogP contribution in [-0.2, 0) is 11.2 Å². The van der Waals surface area contributed by atoms with Crippen molar-refractivity contribution in [2.24, 2.45) is 11.7 Å². The Labute approximate surface area is 126 Å². The molecule has 0 saturated heterocycles. The van der Waals surface area contributed by atoms with Gasteiger partial charge in [0.1, 0.15) is 0 Å². The van der Waals surface area contributed by atoms with E-state index in [4.69, 9.17) is 5.73 Å². The van der Waals surface area contributed by atoms with Crippen molar-refractivity contribution in [1.29, 1.82) is 0 Å². The predicted molar refractivity (Wildman–Crippen MR) is 83.7 cm³/mol. The van der Waals surface area contributed by atoms with Gasteiger partial charge >= 0.3 is 0 Å². The van der Waals surface area contributed by atoms with E-state index in [0.717, 1.165) is 18.4 Å². The van der Waals surface area contributed by atoms with Gasteiger partial charge in [0, 0.05) is 6.54 Å². The highest BCUT2D eigenvalue weighted by atomic mass is 16.3. The number of carbonyl (C=O) groups is 1. The third-order valence-corrected chi connectivity index (χ3v) is 4.31. The van der Waals surface area contributed by atoms with Crippen LogP contribution in [0.4, 0.5) is 0 Å². The predicted octanol–water partition coefficient (Wildman–Crippen LogP) is 1.61. The van der Waals surface area contributed by atoms with Crippen molar-refractivity contribution in [2.45, 2.75) is 50.7 Å². The van der Waals surface area contributed by atoms with E-state index in [1.807, 2.05) is 30.3 Å². The van der Waals surface area contributed by atoms with Gasteiger partial charge in [-0.05, 0) is 30.7 Å². The molecule has 1 fully saturated rings. The number of amides is 1. The molecule has 0 aliphatic heterocycles. The molecule has 0 spiro atoms. The maximum Gasteiger partial charge on any atom is 0.237 e. The molecule has 1 aliphatic carbocycles. The third kappa shape index (κ3) is 5.14. The zero-order chi connectivity index (χ0) is 15.1. The topological polar surface area (TPSA) is 75.4 Å². The number of nitrogens with two attached hydrogens (primary N) is 1. The second kappa shape index (κ2) is 8.15. The normalized spacial score (nSPS) is 19.0. The molecule has 1 unspecified atom stereocenters. The van der Waals surface area contributed by atoms with Gasteiger partial charge in [0.05, 0.1) is 12.1 Å². The fraction of sp³-hybridized carbons (Fsp3) is 0.588. The molecule has 4 N–H and O–H groups in total. The first-order valence-corrected chi connectivity index (χ1v) is 7.92. The molecule has 1 aliphatic rings. The highest BCUT2D eigenvalue weighted by Gasteiger charge is 2.23. The quantitative estimate of drug-likeness (QED) is 0.745. The van der Waals surface area contributed by atoms with Gasteiger partial charge in [-0.15, -0.1) is 0 Å². The summed E-state index contributed by atoms with van der Waals surface area (Å²) in [6, 6.07) is 9.18. The molecular formula is C17H26N2O2. The summed E-state index contributed by atoms with van der Waals surface area (Å²) in [5.74, 6) is 0.137. The Morgan fingerprint density at radius 3 is 2.57 bits per heavy atom. The summed E-state index contributed by atoms with van der Waals surface area (Å²) < 4.78 is 0. The van der Waals surface area contributed by atoms with Gasteiger partial charge in [-0.3, -0.25) is 4.79 Å². The van der Waals surface area contributed by atoms with E-state index in [9.17, 15) is 9.90 Å². The summed E-state index contributed by atoms with van der Waals surface area (Å²) in [6.07, 6.45) is 5.83. The van der Waals surface area contributed by atoms with E-state index < -0.39 is 12.1 Å². The van der Waals surface area contributed by atoms with Crippen LogP contribution in [0.15, 0.2) is 30.3 Å². The van der Waals surface area contributed by atoms with Gasteiger partial charge < -0.3 is 16.2 Å². The van der Waals surface area contributed by atoms with Gasteiger partial charge in [-0.2, -0.15) is 0 Å². The number of aliphatic hydroxyl groups excluding tert-OH is 1. The van der Waals surface area contributed by atoms with Crippen LogP contribution in [0.5, 0.6) is 0 Å². The molecule has 0 bridgehead atoms. The van der Waals surface area contributed by atoms with Crippen molar-refractivity contribution >= 4 is 5.91 Å². The molecule has 0 radical (unpaired) electrons. The minimum absolute atomic E-state index is 0.186. The van der Waals surface area contributed by atoms with E-state index in [2.05, 4.69) is 5.32 Å². The molecule has 1 amide bonds. The number of benzene rings is 1. The van der Waals surface area contributed by atoms with Gasteiger partial charge in [-0.1, -0.05) is 49.6 Å². The molecule has 0 aromatic heterocycles. The molecule has 1 aromatic carbocycles. The van der Waals surface area contributed by atoms with Crippen LogP contribution in [0, 0.1) is 5.92 Å². The van der Waals surface area contributed by atoms with E-state index in [-0.39, 0.29) is 5.91 Å². The lowest BCUT2D eigenvalue weighted by molar-refractivity contribution is -0.123. The van der Waals surface area contributed by atoms with Crippen LogP contribution in [0.1, 0.15) is 37.7 Å². The van der Waals surface area contributed by atoms with E-state index >= 15 is 0 Å². The monoisotopic (exact) mass is 290 g/mol. The molecule has 1 saturated carbocycles. The summed E-state index contributed by atoms with van der Waals surface area (Å²) in [6.45, 7) is 0.311. The average Bonchev–Trinajstić information content (AvgIpc) is 2.54. The van der Waals surface area contributed by atoms with Gasteiger partial charge in [-0.25, -0.2) is 0 Å². The molecule has 4 nitrogen and oxygen atoms in total. The van der Waals surface area contributed by atoms with Gasteiger partial charge in [0.25, 0.3) is 0 Å². The number of aliphatic hydroxyl groups is 1. The Morgan fingerprint density at radius 1 is 1.24 bits per heavy atom. The number of hydrogen-bond acceptors (Lipinski definition) is 3. The van der Waals surface area contributed by atoms with Crippen LogP contribution < -0.4 is 11.1 Å². The largest absolute Gasteiger partial charge is 0.391 e. The molecule has 2 rings (SSSR count). The van der Waals surface area contributed by atoms with Gasteiger partial charge in [0.2, 0.25) is 5.91 Å². The van der Waals surface area contributed by atoms with Crippen molar-refractivity contribution < 1.29 is 9.90 Å². The molecule has 2 atom stereocenters. The molecule has 4 heteroatoms. The zero-order valence-corrected chi connectivity index (χ0v) is 12.5. The van der Waals surface area contributed by atoms with Crippen LogP contribution in [0.3, 0.4) is 0 Å². The minimum Gasteiger partial charge on any atom is -0.391 e. The number of nitrogens with one attached hydrogen (secondary N) is 1. The molecule has 21 heavy (non-hydrogen) atoms. The summed E-state index contributed by atoms with van der Waals surface area (Å²) in [4.78, 5) is 12.0. The number of rotatable bonds is 6. The van der Waals surface area contributed by atoms with Crippen LogP contribution in [0.25, 0.3) is 0 Å². The lowest BCUT2D eigenvalue weighted by Gasteiger charge is -2.27. The van der Waals surface area contributed by atoms with Gasteiger partial charge in [0.15, 0.2) is 0 Å². The fourth-order valence-corrected chi connectivity index (χ4v) is 2.98. The lowest BCUT2D eigenvalue weighted by Crippen LogP contribution is -2.46. The number of carbonyl (C=O) groups excluding carboxylic acids is 1. The van der Waals surface area contributed by atoms with Crippen LogP contribution >= 0.6 is 0 Å². The maximum atomic E-state index is 12.0. The molecule has 0 heterocycles. The van der Waals surface area contributed by atoms with Crippen molar-refractivity contribution in [3.05, 3.63) is 35.9 Å². The highest BCUT2D eigenvalue weighted by molar-refractivity contribution is 5.81. The minimum atomic E-state index is -0.564. The Bertz CT molecular complexity index is 430. The second-order valence-corrected chi connectivity index (χ2v) is 6.01. The summed E-state index contributed by atoms with van der Waals surface area (Å²) in [5, 5.41) is 12.9. The van der Waals surface area contributed by atoms with E-state index in [1.54, 1.807) is 0 Å². The van der Waals surface area contributed by atoms with Crippen molar-refractivity contribution in [2.75, 3.05) is 6.54 Å². The SMILES string of the molecule is N[C@@H](Cc1ccccc1)C(=O)NCC(O)C1CCCCC1. The van der Waals surface area contributed by atoms with Crippen molar-refractivity contribution in [1.82, 2.24) is 5.32 Å². The Hall–Kier alpha value is -1.39. The number of hydrogen-bond donors (Lipinski definition) is 3. The summed E-state index contributed by atoms with van der Waals surface area (Å²) in [7, 11) is 0. The van der Waals surface area contributed by atoms with Crippen molar-refractivity contribution in [3.63, 3.8) is 0 Å². The second-order valence-electron chi connectivity index (χ2n) is 6.01. The molecule has 1 aromatic rings. The standard InChI is InChI=1S/C17H26N2O2/c18-15(11-13-7-3-1-4-8-13)17(21)19-12-16(20)14-9-5-2-6-10-14/h1,3-4,7-8,14-16,20H,2,5-6,9-12,18H2,(H,19,21)/t15-,16?/m0/s1. The average molecular weight is 290 g/mol. The Morgan fingerprint density at radius 2 is 1.90 bits per heavy atom. The highest BCUT2D eigenvalue weighted by Crippen LogP contribution is 2.26. The first-order chi connectivity index (χ1) is 10.2. The fourth-order valence-electron chi connectivity index (χ4n) is 2.98. The van der Waals surface area contributed by atoms with E-state index in [1.165, 1.54) is 19.3 Å². The third-order valence-electron chi connectivity index (χ3n) is 4.31. The Balaban J connectivity index is 1.73. The summed E-state index contributed by atoms with van der Waals surface area (Å²) in [5.41, 5.74) is 6.97. The van der Waals surface area contributed by atoms with E-state index in [0.29, 0.717) is 18.9 Å². The summed E-state index contributed by atoms with van der Waals surface area (Å²) >= 11 is 0. The lowest BCUT2D eigenvalue weighted by atomic mass is 9.85. The zero-order valence-electron chi connectivity index (χ0n) is 12.5. The van der Waals surface area contributed by atoms with Crippen molar-refractivity contribution in [3.8, 4) is 0 Å². The van der Waals surface area contributed by atoms with Crippen LogP contribution in [-0.4, -0.2) is 29.7 Å². The first-order valence-electron chi connectivity index (χ1n) is 7.92. The Kier molecular flexibility index (Phi) is 6.21. The molecular weight excluding hydrogens is 264 g/mol. The first kappa shape index (κ1) is 16.0. The molecule has 116 valence electrons. The maximum absolute atomic E-state index is 12.0.